The molecule has 9 heteroatoms. The van der Waals surface area contributed by atoms with E-state index in [1.165, 1.54) is 10.4 Å². The molecule has 2 aliphatic rings. The fraction of sp³-hybridized carbons (Fsp3) is 0.562. The molecular formula is C16H23ClN2O5S. The molecule has 2 unspecified atom stereocenters. The molecule has 0 saturated carbocycles. The normalized spacial score (nSPS) is 23.3. The molecule has 0 spiro atoms. The fourth-order valence-electron chi connectivity index (χ4n) is 3.02. The molecule has 2 aliphatic heterocycles. The van der Waals surface area contributed by atoms with Crippen molar-refractivity contribution in [3.63, 3.8) is 0 Å². The van der Waals surface area contributed by atoms with Gasteiger partial charge in [-0.05, 0) is 37.6 Å². The van der Waals surface area contributed by atoms with Gasteiger partial charge in [-0.25, -0.2) is 13.2 Å². The van der Waals surface area contributed by atoms with E-state index in [-0.39, 0.29) is 30.0 Å². The molecule has 25 heavy (non-hydrogen) atoms. The Hall–Kier alpha value is -1.35. The molecule has 1 fully saturated rings. The Morgan fingerprint density at radius 3 is 2.88 bits per heavy atom. The summed E-state index contributed by atoms with van der Waals surface area (Å²) in [6, 6.07) is 4.89. The predicted molar refractivity (Wildman–Crippen MR) is 94.7 cm³/mol. The molecule has 0 aliphatic carbocycles. The largest absolute Gasteiger partial charge is 0.478 e. The summed E-state index contributed by atoms with van der Waals surface area (Å²) in [6.07, 6.45) is -0.368. The molecule has 7 nitrogen and oxygen atoms in total. The highest BCUT2D eigenvalue weighted by atomic mass is 35.5. The molecule has 2 heterocycles. The summed E-state index contributed by atoms with van der Waals surface area (Å²) < 4.78 is 37.6. The maximum absolute atomic E-state index is 12.8. The third-order valence-electron chi connectivity index (χ3n) is 4.23. The van der Waals surface area contributed by atoms with E-state index in [2.05, 4.69) is 5.32 Å². The molecule has 0 amide bonds. The Bertz CT molecular complexity index is 740. The average Bonchev–Trinajstić information content (AvgIpc) is 2.98. The number of esters is 1. The summed E-state index contributed by atoms with van der Waals surface area (Å²) in [7, 11) is -3.54. The Morgan fingerprint density at radius 2 is 2.20 bits per heavy atom. The standard InChI is InChI=1S/C16H22N2O5S.ClH/c1-3-22-16(19)15-9-12-8-13(4-5-14(12)23-15)24(20,21)18-7-6-17-11(2)10-18;/h4-5,8,11,15,17H,3,6-7,9-10H2,1-2H3;1H. The van der Waals surface area contributed by atoms with Crippen LogP contribution in [-0.4, -0.2) is 57.1 Å². The SMILES string of the molecule is CCOC(=O)C1Cc2cc(S(=O)(=O)N3CCNC(C)C3)ccc2O1.Cl. The number of fused-ring (bicyclic) bond motifs is 1. The maximum atomic E-state index is 12.8. The second-order valence-electron chi connectivity index (χ2n) is 6.05. The number of nitrogens with one attached hydrogen (secondary N) is 1. The first kappa shape index (κ1) is 20.0. The van der Waals surface area contributed by atoms with E-state index in [4.69, 9.17) is 9.47 Å². The van der Waals surface area contributed by atoms with Crippen molar-refractivity contribution in [2.45, 2.75) is 37.3 Å². The van der Waals surface area contributed by atoms with E-state index in [0.29, 0.717) is 31.8 Å². The fourth-order valence-corrected chi connectivity index (χ4v) is 4.60. The van der Waals surface area contributed by atoms with Gasteiger partial charge in [0.25, 0.3) is 0 Å². The van der Waals surface area contributed by atoms with Crippen LogP contribution in [0.15, 0.2) is 23.1 Å². The van der Waals surface area contributed by atoms with Crippen molar-refractivity contribution in [3.05, 3.63) is 23.8 Å². The summed E-state index contributed by atoms with van der Waals surface area (Å²) in [5.74, 6) is 0.120. The molecule has 0 aromatic heterocycles. The highest BCUT2D eigenvalue weighted by Gasteiger charge is 2.33. The lowest BCUT2D eigenvalue weighted by Crippen LogP contribution is -2.51. The summed E-state index contributed by atoms with van der Waals surface area (Å²) >= 11 is 0. The van der Waals surface area contributed by atoms with Crippen LogP contribution in [-0.2, 0) is 26.0 Å². The zero-order valence-corrected chi connectivity index (χ0v) is 15.9. The van der Waals surface area contributed by atoms with Crippen LogP contribution in [0.2, 0.25) is 0 Å². The summed E-state index contributed by atoms with van der Waals surface area (Å²) in [5, 5.41) is 3.23. The van der Waals surface area contributed by atoms with E-state index >= 15 is 0 Å². The van der Waals surface area contributed by atoms with Crippen molar-refractivity contribution >= 4 is 28.4 Å². The third kappa shape index (κ3) is 4.08. The van der Waals surface area contributed by atoms with Crippen LogP contribution in [0.25, 0.3) is 0 Å². The maximum Gasteiger partial charge on any atom is 0.347 e. The van der Waals surface area contributed by atoms with Crippen LogP contribution < -0.4 is 10.1 Å². The van der Waals surface area contributed by atoms with Gasteiger partial charge < -0.3 is 14.8 Å². The van der Waals surface area contributed by atoms with Crippen molar-refractivity contribution < 1.29 is 22.7 Å². The van der Waals surface area contributed by atoms with Gasteiger partial charge in [-0.15, -0.1) is 12.4 Å². The molecule has 3 rings (SSSR count). The van der Waals surface area contributed by atoms with E-state index < -0.39 is 22.1 Å². The predicted octanol–water partition coefficient (Wildman–Crippen LogP) is 0.957. The molecule has 1 saturated heterocycles. The Balaban J connectivity index is 0.00000225. The number of halogens is 1. The van der Waals surface area contributed by atoms with Crippen molar-refractivity contribution in [1.29, 1.82) is 0 Å². The Kier molecular flexibility index (Phi) is 6.31. The quantitative estimate of drug-likeness (QED) is 0.771. The first-order valence-corrected chi connectivity index (χ1v) is 9.55. The van der Waals surface area contributed by atoms with Gasteiger partial charge in [0, 0.05) is 32.1 Å². The zero-order chi connectivity index (χ0) is 17.3. The van der Waals surface area contributed by atoms with Gasteiger partial charge in [-0.1, -0.05) is 0 Å². The number of carbonyl (C=O) groups excluding carboxylic acids is 1. The number of rotatable bonds is 4. The van der Waals surface area contributed by atoms with Gasteiger partial charge in [0.2, 0.25) is 10.0 Å². The molecule has 1 aromatic rings. The van der Waals surface area contributed by atoms with Gasteiger partial charge >= 0.3 is 5.97 Å². The lowest BCUT2D eigenvalue weighted by molar-refractivity contribution is -0.150. The lowest BCUT2D eigenvalue weighted by atomic mass is 10.1. The van der Waals surface area contributed by atoms with Crippen LogP contribution in [0, 0.1) is 0 Å². The minimum atomic E-state index is -3.54. The van der Waals surface area contributed by atoms with Crippen LogP contribution in [0.1, 0.15) is 19.4 Å². The molecule has 140 valence electrons. The average molecular weight is 391 g/mol. The topological polar surface area (TPSA) is 84.9 Å². The second kappa shape index (κ2) is 7.90. The molecule has 1 aromatic carbocycles. The Labute approximate surface area is 154 Å². The number of hydrogen-bond acceptors (Lipinski definition) is 6. The summed E-state index contributed by atoms with van der Waals surface area (Å²) in [6.45, 7) is 5.52. The summed E-state index contributed by atoms with van der Waals surface area (Å²) in [5.41, 5.74) is 0.720. The first-order chi connectivity index (χ1) is 11.4. The monoisotopic (exact) mass is 390 g/mol. The number of ether oxygens (including phenoxy) is 2. The van der Waals surface area contributed by atoms with E-state index in [9.17, 15) is 13.2 Å². The minimum Gasteiger partial charge on any atom is -0.478 e. The van der Waals surface area contributed by atoms with Gasteiger partial charge in [0.15, 0.2) is 6.10 Å². The molecule has 2 atom stereocenters. The van der Waals surface area contributed by atoms with Gasteiger partial charge in [0.1, 0.15) is 5.75 Å². The summed E-state index contributed by atoms with van der Waals surface area (Å²) in [4.78, 5) is 12.0. The van der Waals surface area contributed by atoms with Gasteiger partial charge in [-0.2, -0.15) is 4.31 Å². The number of nitrogens with zero attached hydrogens (tertiary/aromatic N) is 1. The second-order valence-corrected chi connectivity index (χ2v) is 7.99. The van der Waals surface area contributed by atoms with E-state index in [1.807, 2.05) is 6.92 Å². The molecule has 0 bridgehead atoms. The van der Waals surface area contributed by atoms with Crippen LogP contribution >= 0.6 is 12.4 Å². The lowest BCUT2D eigenvalue weighted by Gasteiger charge is -2.31. The third-order valence-corrected chi connectivity index (χ3v) is 6.09. The first-order valence-electron chi connectivity index (χ1n) is 8.11. The van der Waals surface area contributed by atoms with Crippen molar-refractivity contribution in [2.24, 2.45) is 0 Å². The van der Waals surface area contributed by atoms with Gasteiger partial charge in [0.05, 0.1) is 11.5 Å². The molecule has 0 radical (unpaired) electrons. The molecule has 1 N–H and O–H groups in total. The highest BCUT2D eigenvalue weighted by molar-refractivity contribution is 7.89. The van der Waals surface area contributed by atoms with Crippen LogP contribution in [0.5, 0.6) is 5.75 Å². The molecular weight excluding hydrogens is 368 g/mol. The number of carbonyl (C=O) groups is 1. The van der Waals surface area contributed by atoms with Crippen LogP contribution in [0.4, 0.5) is 0 Å². The number of sulfonamides is 1. The van der Waals surface area contributed by atoms with E-state index in [1.54, 1.807) is 19.1 Å². The van der Waals surface area contributed by atoms with Crippen molar-refractivity contribution in [2.75, 3.05) is 26.2 Å². The Morgan fingerprint density at radius 1 is 1.44 bits per heavy atom. The smallest absolute Gasteiger partial charge is 0.347 e. The van der Waals surface area contributed by atoms with Crippen molar-refractivity contribution in [1.82, 2.24) is 9.62 Å². The van der Waals surface area contributed by atoms with Crippen LogP contribution in [0.3, 0.4) is 0 Å². The van der Waals surface area contributed by atoms with Crippen molar-refractivity contribution in [3.8, 4) is 5.75 Å². The number of benzene rings is 1. The number of hydrogen-bond donors (Lipinski definition) is 1. The minimum absolute atomic E-state index is 0. The number of piperazine rings is 1. The zero-order valence-electron chi connectivity index (χ0n) is 14.2. The van der Waals surface area contributed by atoms with Gasteiger partial charge in [-0.3, -0.25) is 0 Å². The van der Waals surface area contributed by atoms with E-state index in [0.717, 1.165) is 5.56 Å². The highest BCUT2D eigenvalue weighted by Crippen LogP contribution is 2.32.